The van der Waals surface area contributed by atoms with Gasteiger partial charge in [-0.3, -0.25) is 15.7 Å². The van der Waals surface area contributed by atoms with Gasteiger partial charge in [0.2, 0.25) is 0 Å². The summed E-state index contributed by atoms with van der Waals surface area (Å²) in [5, 5.41) is 18.4. The Morgan fingerprint density at radius 1 is 1.22 bits per heavy atom. The largest absolute Gasteiger partial charge is 0.455 e. The zero-order chi connectivity index (χ0) is 22.5. The molecule has 1 heterocycles. The fraction of sp³-hybridized carbons (Fsp3) is 0.292. The second-order valence-electron chi connectivity index (χ2n) is 7.91. The molecule has 6 nitrogen and oxygen atoms in total. The highest BCUT2D eigenvalue weighted by Crippen LogP contribution is 2.41. The van der Waals surface area contributed by atoms with Gasteiger partial charge in [0.15, 0.2) is 11.6 Å². The Kier molecular flexibility index (Phi) is 7.25. The van der Waals surface area contributed by atoms with E-state index < -0.39 is 0 Å². The molecule has 0 bridgehead atoms. The van der Waals surface area contributed by atoms with E-state index in [1.165, 1.54) is 30.8 Å². The first-order valence-corrected chi connectivity index (χ1v) is 11.4. The molecule has 8 heteroatoms. The van der Waals surface area contributed by atoms with Crippen LogP contribution in [-0.2, 0) is 6.42 Å². The first-order chi connectivity index (χ1) is 15.6. The summed E-state index contributed by atoms with van der Waals surface area (Å²) in [6.45, 7) is 1.99. The predicted molar refractivity (Wildman–Crippen MR) is 126 cm³/mol. The van der Waals surface area contributed by atoms with E-state index in [1.54, 1.807) is 0 Å². The molecule has 2 N–H and O–H groups in total. The Morgan fingerprint density at radius 2 is 2.03 bits per heavy atom. The lowest BCUT2D eigenvalue weighted by atomic mass is 10.1. The van der Waals surface area contributed by atoms with Crippen molar-refractivity contribution < 1.29 is 9.94 Å². The van der Waals surface area contributed by atoms with Gasteiger partial charge in [-0.2, -0.15) is 10.2 Å². The van der Waals surface area contributed by atoms with Gasteiger partial charge in [-0.05, 0) is 67.0 Å². The second kappa shape index (κ2) is 10.3. The van der Waals surface area contributed by atoms with Crippen LogP contribution in [0, 0.1) is 6.92 Å². The molecule has 0 unspecified atom stereocenters. The molecule has 1 aliphatic carbocycles. The summed E-state index contributed by atoms with van der Waals surface area (Å²) in [6, 6.07) is 13.6. The van der Waals surface area contributed by atoms with Crippen LogP contribution in [0.5, 0.6) is 11.5 Å². The number of aryl methyl sites for hydroxylation is 1. The van der Waals surface area contributed by atoms with Crippen molar-refractivity contribution in [1.29, 1.82) is 0 Å². The van der Waals surface area contributed by atoms with Crippen molar-refractivity contribution in [1.82, 2.24) is 15.7 Å². The fourth-order valence-electron chi connectivity index (χ4n) is 3.49. The SMILES string of the molecule is Cc1ccc(C[C@H](CCl)N=C(NO)c2cnncc2Oc2cccc(C3CC3)c2)c(Cl)c1. The van der Waals surface area contributed by atoms with Crippen LogP contribution >= 0.6 is 23.2 Å². The summed E-state index contributed by atoms with van der Waals surface area (Å²) in [5.74, 6) is 2.18. The summed E-state index contributed by atoms with van der Waals surface area (Å²) in [4.78, 5) is 4.62. The number of nitrogens with zero attached hydrogens (tertiary/aromatic N) is 3. The van der Waals surface area contributed by atoms with Crippen molar-refractivity contribution >= 4 is 29.0 Å². The quantitative estimate of drug-likeness (QED) is 0.191. The highest BCUT2D eigenvalue weighted by Gasteiger charge is 2.24. The van der Waals surface area contributed by atoms with Gasteiger partial charge in [0.05, 0.1) is 24.0 Å². The van der Waals surface area contributed by atoms with Gasteiger partial charge in [0, 0.05) is 10.9 Å². The van der Waals surface area contributed by atoms with Gasteiger partial charge >= 0.3 is 0 Å². The van der Waals surface area contributed by atoms with E-state index in [-0.39, 0.29) is 17.8 Å². The number of hydrogen-bond donors (Lipinski definition) is 2. The second-order valence-corrected chi connectivity index (χ2v) is 8.63. The van der Waals surface area contributed by atoms with Crippen LogP contribution in [0.2, 0.25) is 5.02 Å². The van der Waals surface area contributed by atoms with Gasteiger partial charge in [0.1, 0.15) is 5.75 Å². The Morgan fingerprint density at radius 3 is 2.75 bits per heavy atom. The molecule has 0 radical (unpaired) electrons. The predicted octanol–water partition coefficient (Wildman–Crippen LogP) is 5.68. The van der Waals surface area contributed by atoms with Crippen molar-refractivity contribution in [3.8, 4) is 11.5 Å². The summed E-state index contributed by atoms with van der Waals surface area (Å²) in [7, 11) is 0. The van der Waals surface area contributed by atoms with E-state index in [0.29, 0.717) is 34.4 Å². The molecule has 1 saturated carbocycles. The number of hydrogen-bond acceptors (Lipinski definition) is 5. The minimum absolute atomic E-state index is 0.196. The van der Waals surface area contributed by atoms with E-state index >= 15 is 0 Å². The number of hydroxylamine groups is 1. The third kappa shape index (κ3) is 5.57. The standard InChI is InChI=1S/C24H24Cl2N4O2/c1-15-5-6-18(22(26)9-15)10-19(12-25)29-24(30-31)21-13-27-28-14-23(21)32-20-4-2-3-17(11-20)16-7-8-16/h2-6,9,11,13-14,16,19,31H,7-8,10,12H2,1H3,(H,29,30)/t19-/m1/s1. The molecule has 3 aromatic rings. The van der Waals surface area contributed by atoms with Crippen molar-refractivity contribution in [2.45, 2.75) is 38.1 Å². The van der Waals surface area contributed by atoms with Crippen molar-refractivity contribution in [2.75, 3.05) is 5.88 Å². The molecule has 1 aliphatic rings. The first kappa shape index (κ1) is 22.5. The summed E-state index contributed by atoms with van der Waals surface area (Å²) < 4.78 is 6.09. The molecular weight excluding hydrogens is 447 g/mol. The highest BCUT2D eigenvalue weighted by atomic mass is 35.5. The molecule has 0 spiro atoms. The first-order valence-electron chi connectivity index (χ1n) is 10.4. The molecule has 1 atom stereocenters. The molecule has 1 aromatic heterocycles. The topological polar surface area (TPSA) is 79.6 Å². The maximum Gasteiger partial charge on any atom is 0.160 e. The lowest BCUT2D eigenvalue weighted by Crippen LogP contribution is -2.25. The minimum atomic E-state index is -0.328. The zero-order valence-electron chi connectivity index (χ0n) is 17.6. The van der Waals surface area contributed by atoms with Gasteiger partial charge in [-0.25, -0.2) is 0 Å². The lowest BCUT2D eigenvalue weighted by molar-refractivity contribution is 0.234. The normalized spacial score (nSPS) is 14.8. The molecule has 166 valence electrons. The number of aromatic nitrogens is 2. The number of amidine groups is 1. The number of ether oxygens (including phenoxy) is 1. The molecular formula is C24H24Cl2N4O2. The number of halogens is 2. The lowest BCUT2D eigenvalue weighted by Gasteiger charge is -2.15. The van der Waals surface area contributed by atoms with E-state index in [4.69, 9.17) is 27.9 Å². The number of rotatable bonds is 8. The number of alkyl halides is 1. The Bertz CT molecular complexity index is 1120. The summed E-state index contributed by atoms with van der Waals surface area (Å²) in [5.41, 5.74) is 5.92. The Balaban J connectivity index is 1.59. The van der Waals surface area contributed by atoms with Crippen molar-refractivity contribution in [3.05, 3.63) is 82.1 Å². The average Bonchev–Trinajstić information content (AvgIpc) is 3.64. The van der Waals surface area contributed by atoms with Crippen molar-refractivity contribution in [3.63, 3.8) is 0 Å². The molecule has 32 heavy (non-hydrogen) atoms. The van der Waals surface area contributed by atoms with E-state index in [0.717, 1.165) is 11.1 Å². The summed E-state index contributed by atoms with van der Waals surface area (Å²) >= 11 is 12.6. The van der Waals surface area contributed by atoms with Crippen LogP contribution in [0.15, 0.2) is 59.9 Å². The zero-order valence-corrected chi connectivity index (χ0v) is 19.1. The van der Waals surface area contributed by atoms with Crippen LogP contribution in [0.25, 0.3) is 0 Å². The van der Waals surface area contributed by atoms with Gasteiger partial charge < -0.3 is 4.74 Å². The smallest absolute Gasteiger partial charge is 0.160 e. The maximum atomic E-state index is 9.84. The third-order valence-electron chi connectivity index (χ3n) is 5.34. The Labute approximate surface area is 197 Å². The maximum absolute atomic E-state index is 9.84. The number of aliphatic imine (C=N–C) groups is 1. The molecule has 1 fully saturated rings. The molecule has 2 aromatic carbocycles. The van der Waals surface area contributed by atoms with E-state index in [1.807, 2.05) is 43.3 Å². The minimum Gasteiger partial charge on any atom is -0.455 e. The van der Waals surface area contributed by atoms with Gasteiger partial charge in [-0.15, -0.1) is 11.6 Å². The molecule has 0 amide bonds. The fourth-order valence-corrected chi connectivity index (χ4v) is 3.98. The van der Waals surface area contributed by atoms with E-state index in [9.17, 15) is 5.21 Å². The Hall–Kier alpha value is -2.67. The van der Waals surface area contributed by atoms with E-state index in [2.05, 4.69) is 26.7 Å². The van der Waals surface area contributed by atoms with Crippen LogP contribution < -0.4 is 10.2 Å². The number of nitrogens with one attached hydrogen (secondary N) is 1. The third-order valence-corrected chi connectivity index (χ3v) is 6.05. The number of benzene rings is 2. The van der Waals surface area contributed by atoms with Crippen LogP contribution in [0.3, 0.4) is 0 Å². The van der Waals surface area contributed by atoms with Gasteiger partial charge in [-0.1, -0.05) is 35.9 Å². The highest BCUT2D eigenvalue weighted by molar-refractivity contribution is 6.31. The average molecular weight is 471 g/mol. The van der Waals surface area contributed by atoms with Crippen LogP contribution in [0.1, 0.15) is 41.0 Å². The van der Waals surface area contributed by atoms with Crippen LogP contribution in [-0.4, -0.2) is 33.2 Å². The molecule has 0 saturated heterocycles. The molecule has 0 aliphatic heterocycles. The monoisotopic (exact) mass is 470 g/mol. The van der Waals surface area contributed by atoms with Gasteiger partial charge in [0.25, 0.3) is 0 Å². The van der Waals surface area contributed by atoms with Crippen molar-refractivity contribution in [2.24, 2.45) is 4.99 Å². The summed E-state index contributed by atoms with van der Waals surface area (Å²) in [6.07, 6.45) is 5.93. The van der Waals surface area contributed by atoms with Crippen LogP contribution in [0.4, 0.5) is 0 Å². The molecule has 4 rings (SSSR count).